The van der Waals surface area contributed by atoms with Gasteiger partial charge in [0.15, 0.2) is 5.78 Å². The van der Waals surface area contributed by atoms with Gasteiger partial charge >= 0.3 is 0 Å². The van der Waals surface area contributed by atoms with Crippen molar-refractivity contribution < 1.29 is 4.79 Å². The van der Waals surface area contributed by atoms with E-state index in [9.17, 15) is 9.59 Å². The zero-order valence-corrected chi connectivity index (χ0v) is 13.0. The number of hydrogen-bond acceptors (Lipinski definition) is 2. The molecule has 1 heterocycles. The van der Waals surface area contributed by atoms with E-state index in [1.807, 2.05) is 10.6 Å². The third kappa shape index (κ3) is 2.87. The Kier molecular flexibility index (Phi) is 4.17. The monoisotopic (exact) mass is 275 g/mol. The van der Waals surface area contributed by atoms with Gasteiger partial charge in [0.05, 0.1) is 5.56 Å². The summed E-state index contributed by atoms with van der Waals surface area (Å²) < 4.78 is 1.91. The summed E-state index contributed by atoms with van der Waals surface area (Å²) in [6.45, 7) is 7.83. The molecule has 0 bridgehead atoms. The van der Waals surface area contributed by atoms with Gasteiger partial charge in [0.2, 0.25) is 0 Å². The van der Waals surface area contributed by atoms with Crippen LogP contribution in [0.3, 0.4) is 0 Å². The van der Waals surface area contributed by atoms with Crippen LogP contribution in [0, 0.1) is 0 Å². The second kappa shape index (κ2) is 5.55. The molecule has 1 aliphatic rings. The maximum absolute atomic E-state index is 12.7. The van der Waals surface area contributed by atoms with Gasteiger partial charge in [-0.2, -0.15) is 0 Å². The van der Waals surface area contributed by atoms with Crippen molar-refractivity contribution in [3.63, 3.8) is 0 Å². The Labute approximate surface area is 121 Å². The minimum absolute atomic E-state index is 0.0913. The van der Waals surface area contributed by atoms with Gasteiger partial charge in [0, 0.05) is 17.2 Å². The van der Waals surface area contributed by atoms with Crippen molar-refractivity contribution in [3.8, 4) is 0 Å². The first-order valence-electron chi connectivity index (χ1n) is 7.59. The smallest absolute Gasteiger partial charge is 0.261 e. The Balaban J connectivity index is 2.62. The van der Waals surface area contributed by atoms with Crippen LogP contribution in [0.1, 0.15) is 81.9 Å². The molecule has 2 rings (SSSR count). The highest BCUT2D eigenvalue weighted by atomic mass is 16.1. The maximum atomic E-state index is 12.7. The lowest BCUT2D eigenvalue weighted by Crippen LogP contribution is -2.36. The topological polar surface area (TPSA) is 39.1 Å². The number of pyridine rings is 1. The van der Waals surface area contributed by atoms with Crippen LogP contribution in [-0.2, 0) is 5.41 Å². The van der Waals surface area contributed by atoms with Crippen LogP contribution >= 0.6 is 0 Å². The Morgan fingerprint density at radius 1 is 1.15 bits per heavy atom. The number of ketones is 1. The Hall–Kier alpha value is -1.38. The molecule has 0 radical (unpaired) electrons. The number of aromatic nitrogens is 1. The molecular weight excluding hydrogens is 250 g/mol. The quantitative estimate of drug-likeness (QED) is 0.769. The number of Topliss-reactive ketones (excluding diaryl/α,β-unsaturated/α-hetero) is 1. The molecule has 0 spiro atoms. The highest BCUT2D eigenvalue weighted by Gasteiger charge is 2.26. The standard InChI is InChI=1S/C17H25NO2/c1-12(19)14-10-11-15(17(2,3)4)18(16(14)20)13-8-6-5-7-9-13/h10-11,13H,5-9H2,1-4H3. The van der Waals surface area contributed by atoms with Crippen molar-refractivity contribution in [2.75, 3.05) is 0 Å². The van der Waals surface area contributed by atoms with Crippen molar-refractivity contribution in [2.45, 2.75) is 71.3 Å². The van der Waals surface area contributed by atoms with Gasteiger partial charge in [0.25, 0.3) is 5.56 Å². The molecule has 0 aromatic carbocycles. The van der Waals surface area contributed by atoms with Crippen molar-refractivity contribution in [3.05, 3.63) is 33.7 Å². The minimum atomic E-state index is -0.139. The average molecular weight is 275 g/mol. The summed E-state index contributed by atoms with van der Waals surface area (Å²) >= 11 is 0. The fourth-order valence-corrected chi connectivity index (χ4v) is 3.13. The predicted octanol–water partition coefficient (Wildman–Crippen LogP) is 3.85. The first-order valence-corrected chi connectivity index (χ1v) is 7.59. The van der Waals surface area contributed by atoms with Crippen LogP contribution in [0.4, 0.5) is 0 Å². The fraction of sp³-hybridized carbons (Fsp3) is 0.647. The number of nitrogens with zero attached hydrogens (tertiary/aromatic N) is 1. The van der Waals surface area contributed by atoms with Gasteiger partial charge in [-0.25, -0.2) is 0 Å². The Morgan fingerprint density at radius 2 is 1.75 bits per heavy atom. The molecule has 3 heteroatoms. The molecule has 3 nitrogen and oxygen atoms in total. The summed E-state index contributed by atoms with van der Waals surface area (Å²) in [5.74, 6) is -0.139. The van der Waals surface area contributed by atoms with Gasteiger partial charge in [-0.3, -0.25) is 9.59 Å². The summed E-state index contributed by atoms with van der Waals surface area (Å²) in [6, 6.07) is 3.92. The van der Waals surface area contributed by atoms with E-state index in [1.165, 1.54) is 26.2 Å². The molecule has 1 aromatic rings. The highest BCUT2D eigenvalue weighted by molar-refractivity contribution is 5.93. The van der Waals surface area contributed by atoms with Crippen LogP contribution in [0.2, 0.25) is 0 Å². The molecule has 1 aromatic heterocycles. The van der Waals surface area contributed by atoms with Gasteiger partial charge in [0.1, 0.15) is 0 Å². The molecular formula is C17H25NO2. The molecule has 1 saturated carbocycles. The minimum Gasteiger partial charge on any atom is -0.308 e. The van der Waals surface area contributed by atoms with E-state index in [1.54, 1.807) is 6.07 Å². The van der Waals surface area contributed by atoms with E-state index in [-0.39, 0.29) is 22.8 Å². The summed E-state index contributed by atoms with van der Waals surface area (Å²) in [5, 5.41) is 0. The Bertz CT molecular complexity index is 557. The lowest BCUT2D eigenvalue weighted by molar-refractivity contribution is 0.101. The third-order valence-electron chi connectivity index (χ3n) is 4.20. The molecule has 0 unspecified atom stereocenters. The SMILES string of the molecule is CC(=O)c1ccc(C(C)(C)C)n(C2CCCCC2)c1=O. The second-order valence-corrected chi connectivity index (χ2v) is 6.91. The second-order valence-electron chi connectivity index (χ2n) is 6.91. The van der Waals surface area contributed by atoms with E-state index in [2.05, 4.69) is 20.8 Å². The molecule has 0 aliphatic heterocycles. The molecule has 0 saturated heterocycles. The van der Waals surface area contributed by atoms with Crippen LogP contribution < -0.4 is 5.56 Å². The summed E-state index contributed by atoms with van der Waals surface area (Å²) in [4.78, 5) is 24.4. The van der Waals surface area contributed by atoms with Crippen molar-refractivity contribution in [1.82, 2.24) is 4.57 Å². The van der Waals surface area contributed by atoms with Gasteiger partial charge in [-0.05, 0) is 31.9 Å². The average Bonchev–Trinajstić information content (AvgIpc) is 2.37. The first-order chi connectivity index (χ1) is 9.32. The van der Waals surface area contributed by atoms with E-state index in [4.69, 9.17) is 0 Å². The number of hydrogen-bond donors (Lipinski definition) is 0. The molecule has 20 heavy (non-hydrogen) atoms. The molecule has 1 aliphatic carbocycles. The molecule has 0 atom stereocenters. The van der Waals surface area contributed by atoms with Crippen molar-refractivity contribution >= 4 is 5.78 Å². The van der Waals surface area contributed by atoms with E-state index < -0.39 is 0 Å². The van der Waals surface area contributed by atoms with Crippen molar-refractivity contribution in [2.24, 2.45) is 0 Å². The van der Waals surface area contributed by atoms with Gasteiger partial charge in [-0.1, -0.05) is 40.0 Å². The molecule has 0 amide bonds. The largest absolute Gasteiger partial charge is 0.308 e. The zero-order valence-electron chi connectivity index (χ0n) is 13.0. The van der Waals surface area contributed by atoms with E-state index >= 15 is 0 Å². The van der Waals surface area contributed by atoms with Crippen LogP contribution in [0.15, 0.2) is 16.9 Å². The van der Waals surface area contributed by atoms with E-state index in [0.717, 1.165) is 18.5 Å². The van der Waals surface area contributed by atoms with E-state index in [0.29, 0.717) is 5.56 Å². The summed E-state index contributed by atoms with van der Waals surface area (Å²) in [6.07, 6.45) is 5.69. The normalized spacial score (nSPS) is 17.2. The number of carbonyl (C=O) groups is 1. The third-order valence-corrected chi connectivity index (χ3v) is 4.20. The van der Waals surface area contributed by atoms with Crippen molar-refractivity contribution in [1.29, 1.82) is 0 Å². The predicted molar refractivity (Wildman–Crippen MR) is 81.5 cm³/mol. The van der Waals surface area contributed by atoms with Crippen LogP contribution in [0.5, 0.6) is 0 Å². The molecule has 110 valence electrons. The number of carbonyl (C=O) groups excluding carboxylic acids is 1. The maximum Gasteiger partial charge on any atom is 0.261 e. The zero-order chi connectivity index (χ0) is 14.9. The lowest BCUT2D eigenvalue weighted by Gasteiger charge is -2.32. The van der Waals surface area contributed by atoms with Gasteiger partial charge < -0.3 is 4.57 Å². The highest BCUT2D eigenvalue weighted by Crippen LogP contribution is 2.31. The Morgan fingerprint density at radius 3 is 2.25 bits per heavy atom. The summed E-state index contributed by atoms with van der Waals surface area (Å²) in [7, 11) is 0. The summed E-state index contributed by atoms with van der Waals surface area (Å²) in [5.41, 5.74) is 1.17. The van der Waals surface area contributed by atoms with Gasteiger partial charge in [-0.15, -0.1) is 0 Å². The fourth-order valence-electron chi connectivity index (χ4n) is 3.13. The lowest BCUT2D eigenvalue weighted by atomic mass is 9.88. The number of rotatable bonds is 2. The molecule has 0 N–H and O–H groups in total. The first kappa shape index (κ1) is 15.0. The van der Waals surface area contributed by atoms with Crippen LogP contribution in [0.25, 0.3) is 0 Å². The molecule has 1 fully saturated rings. The van der Waals surface area contributed by atoms with Crippen LogP contribution in [-0.4, -0.2) is 10.4 Å².